The van der Waals surface area contributed by atoms with E-state index < -0.39 is 0 Å². The first kappa shape index (κ1) is 18.9. The van der Waals surface area contributed by atoms with Gasteiger partial charge in [-0.05, 0) is 18.9 Å². The van der Waals surface area contributed by atoms with Gasteiger partial charge in [0.25, 0.3) is 5.91 Å². The molecule has 0 aliphatic carbocycles. The van der Waals surface area contributed by atoms with Gasteiger partial charge in [-0.1, -0.05) is 74.5 Å². The number of carbonyl (C=O) groups excluding carboxylic acids is 1. The molecule has 29 heavy (non-hydrogen) atoms. The summed E-state index contributed by atoms with van der Waals surface area (Å²) in [6.07, 6.45) is 0. The second kappa shape index (κ2) is 7.87. The van der Waals surface area contributed by atoms with Crippen LogP contribution in [0.5, 0.6) is 0 Å². The number of fused-ring (bicyclic) bond motifs is 1. The topological polar surface area (TPSA) is 59.3 Å². The van der Waals surface area contributed by atoms with Crippen LogP contribution in [0.25, 0.3) is 28.2 Å². The maximum atomic E-state index is 13.1. The van der Waals surface area contributed by atoms with Crippen LogP contribution >= 0.6 is 0 Å². The van der Waals surface area contributed by atoms with E-state index in [0.29, 0.717) is 17.3 Å². The smallest absolute Gasteiger partial charge is 0.270 e. The van der Waals surface area contributed by atoms with Gasteiger partial charge < -0.3 is 5.32 Å². The molecule has 0 aliphatic heterocycles. The van der Waals surface area contributed by atoms with Crippen molar-refractivity contribution in [3.05, 3.63) is 78.5 Å². The van der Waals surface area contributed by atoms with Gasteiger partial charge in [0.2, 0.25) is 0 Å². The van der Waals surface area contributed by atoms with Crippen LogP contribution in [0.2, 0.25) is 0 Å². The van der Waals surface area contributed by atoms with Crippen molar-refractivity contribution in [1.82, 2.24) is 19.9 Å². The van der Waals surface area contributed by atoms with Crippen LogP contribution < -0.4 is 5.32 Å². The fraction of sp³-hybridized carbons (Fsp3) is 0.208. The molecule has 1 atom stereocenters. The Hall–Kier alpha value is -3.47. The lowest BCUT2D eigenvalue weighted by molar-refractivity contribution is 0.0923. The number of nitrogens with one attached hydrogen (secondary N) is 1. The Morgan fingerprint density at radius 3 is 2.03 bits per heavy atom. The van der Waals surface area contributed by atoms with Crippen LogP contribution in [0.3, 0.4) is 0 Å². The lowest BCUT2D eigenvalue weighted by Gasteiger charge is -2.18. The zero-order valence-corrected chi connectivity index (χ0v) is 16.8. The van der Waals surface area contributed by atoms with E-state index in [4.69, 9.17) is 4.98 Å². The van der Waals surface area contributed by atoms with Crippen LogP contribution in [0.15, 0.2) is 72.8 Å². The summed E-state index contributed by atoms with van der Waals surface area (Å²) in [4.78, 5) is 17.9. The molecule has 2 heterocycles. The molecule has 1 N–H and O–H groups in total. The van der Waals surface area contributed by atoms with Gasteiger partial charge in [0.15, 0.2) is 5.65 Å². The molecule has 2 aromatic carbocycles. The third kappa shape index (κ3) is 3.90. The molecule has 1 amide bonds. The number of benzene rings is 2. The molecule has 0 aliphatic rings. The maximum Gasteiger partial charge on any atom is 0.270 e. The molecule has 0 saturated carbocycles. The van der Waals surface area contributed by atoms with E-state index in [1.807, 2.05) is 79.7 Å². The average Bonchev–Trinajstić information content (AvgIpc) is 3.18. The van der Waals surface area contributed by atoms with Crippen molar-refractivity contribution in [2.24, 2.45) is 5.92 Å². The van der Waals surface area contributed by atoms with Gasteiger partial charge in [-0.15, -0.1) is 0 Å². The summed E-state index contributed by atoms with van der Waals surface area (Å²) in [5, 5.41) is 7.77. The molecule has 5 nitrogen and oxygen atoms in total. The van der Waals surface area contributed by atoms with Crippen molar-refractivity contribution in [1.29, 1.82) is 0 Å². The SMILES string of the molecule is CC(C)[C@@H](C)NC(=O)c1cc(-c2ccccc2)nc2cc(-c3ccccc3)nn12. The number of hydrogen-bond donors (Lipinski definition) is 1. The molecule has 0 saturated heterocycles. The van der Waals surface area contributed by atoms with Gasteiger partial charge >= 0.3 is 0 Å². The highest BCUT2D eigenvalue weighted by atomic mass is 16.2. The van der Waals surface area contributed by atoms with Crippen LogP contribution in [-0.2, 0) is 0 Å². The molecular weight excluding hydrogens is 360 g/mol. The number of hydrogen-bond acceptors (Lipinski definition) is 3. The normalized spacial score (nSPS) is 12.3. The predicted molar refractivity (Wildman–Crippen MR) is 116 cm³/mol. The fourth-order valence-corrected chi connectivity index (χ4v) is 3.09. The maximum absolute atomic E-state index is 13.1. The van der Waals surface area contributed by atoms with E-state index >= 15 is 0 Å². The second-order valence-corrected chi connectivity index (χ2v) is 7.56. The summed E-state index contributed by atoms with van der Waals surface area (Å²) in [7, 11) is 0. The Balaban J connectivity index is 1.86. The van der Waals surface area contributed by atoms with Crippen LogP contribution in [0, 0.1) is 5.92 Å². The summed E-state index contributed by atoms with van der Waals surface area (Å²) in [6, 6.07) is 23.6. The Bertz CT molecular complexity index is 1130. The predicted octanol–water partition coefficient (Wildman–Crippen LogP) is 4.84. The van der Waals surface area contributed by atoms with Gasteiger partial charge in [0.05, 0.1) is 11.4 Å². The quantitative estimate of drug-likeness (QED) is 0.536. The van der Waals surface area contributed by atoms with E-state index in [0.717, 1.165) is 22.5 Å². The van der Waals surface area contributed by atoms with Gasteiger partial charge in [0, 0.05) is 23.2 Å². The van der Waals surface area contributed by atoms with E-state index in [1.165, 1.54) is 0 Å². The van der Waals surface area contributed by atoms with Crippen LogP contribution in [0.1, 0.15) is 31.3 Å². The summed E-state index contributed by atoms with van der Waals surface area (Å²) < 4.78 is 1.64. The second-order valence-electron chi connectivity index (χ2n) is 7.56. The van der Waals surface area contributed by atoms with Gasteiger partial charge in [-0.3, -0.25) is 4.79 Å². The number of aromatic nitrogens is 3. The lowest BCUT2D eigenvalue weighted by atomic mass is 10.1. The van der Waals surface area contributed by atoms with Crippen molar-refractivity contribution in [2.45, 2.75) is 26.8 Å². The average molecular weight is 384 g/mol. The van der Waals surface area contributed by atoms with Crippen LogP contribution in [0.4, 0.5) is 0 Å². The highest BCUT2D eigenvalue weighted by Crippen LogP contribution is 2.24. The van der Waals surface area contributed by atoms with Crippen molar-refractivity contribution in [3.63, 3.8) is 0 Å². The largest absolute Gasteiger partial charge is 0.348 e. The summed E-state index contributed by atoms with van der Waals surface area (Å²) >= 11 is 0. The van der Waals surface area contributed by atoms with E-state index in [-0.39, 0.29) is 11.9 Å². The molecule has 146 valence electrons. The molecule has 0 bridgehead atoms. The molecule has 4 aromatic rings. The molecule has 0 radical (unpaired) electrons. The monoisotopic (exact) mass is 384 g/mol. The standard InChI is InChI=1S/C24H24N4O/c1-16(2)17(3)25-24(29)22-14-20(18-10-6-4-7-11-18)26-23-15-21(27-28(22)23)19-12-8-5-9-13-19/h4-17H,1-3H3,(H,25,29)/t17-/m1/s1. The van der Waals surface area contributed by atoms with Crippen molar-refractivity contribution < 1.29 is 4.79 Å². The third-order valence-electron chi connectivity index (χ3n) is 5.16. The molecule has 2 aromatic heterocycles. The third-order valence-corrected chi connectivity index (χ3v) is 5.16. The van der Waals surface area contributed by atoms with Crippen molar-refractivity contribution in [3.8, 4) is 22.5 Å². The Kier molecular flexibility index (Phi) is 5.12. The molecule has 0 spiro atoms. The zero-order chi connectivity index (χ0) is 20.4. The minimum atomic E-state index is -0.154. The minimum Gasteiger partial charge on any atom is -0.348 e. The highest BCUT2D eigenvalue weighted by molar-refractivity contribution is 5.94. The number of amides is 1. The minimum absolute atomic E-state index is 0.0510. The Labute approximate surface area is 170 Å². The van der Waals surface area contributed by atoms with E-state index in [9.17, 15) is 4.79 Å². The summed E-state index contributed by atoms with van der Waals surface area (Å²) in [5.41, 5.74) is 4.61. The number of rotatable bonds is 5. The zero-order valence-electron chi connectivity index (χ0n) is 16.8. The van der Waals surface area contributed by atoms with Gasteiger partial charge in [-0.25, -0.2) is 9.50 Å². The van der Waals surface area contributed by atoms with Crippen molar-refractivity contribution in [2.75, 3.05) is 0 Å². The first-order valence-corrected chi connectivity index (χ1v) is 9.85. The number of nitrogens with zero attached hydrogens (tertiary/aromatic N) is 3. The lowest BCUT2D eigenvalue weighted by Crippen LogP contribution is -2.37. The Morgan fingerprint density at radius 2 is 1.45 bits per heavy atom. The molecule has 0 fully saturated rings. The number of carbonyl (C=O) groups is 1. The molecule has 5 heteroatoms. The summed E-state index contributed by atoms with van der Waals surface area (Å²) in [5.74, 6) is 0.181. The Morgan fingerprint density at radius 1 is 0.862 bits per heavy atom. The first-order chi connectivity index (χ1) is 14.0. The van der Waals surface area contributed by atoms with Crippen molar-refractivity contribution >= 4 is 11.6 Å². The van der Waals surface area contributed by atoms with Gasteiger partial charge in [-0.2, -0.15) is 5.10 Å². The fourth-order valence-electron chi connectivity index (χ4n) is 3.09. The summed E-state index contributed by atoms with van der Waals surface area (Å²) in [6.45, 7) is 6.19. The van der Waals surface area contributed by atoms with Gasteiger partial charge in [0.1, 0.15) is 5.69 Å². The highest BCUT2D eigenvalue weighted by Gasteiger charge is 2.19. The van der Waals surface area contributed by atoms with Crippen LogP contribution in [-0.4, -0.2) is 26.5 Å². The molecular formula is C24H24N4O. The molecule has 4 rings (SSSR count). The van der Waals surface area contributed by atoms with E-state index in [1.54, 1.807) is 4.52 Å². The van der Waals surface area contributed by atoms with E-state index in [2.05, 4.69) is 24.3 Å². The first-order valence-electron chi connectivity index (χ1n) is 9.85. The molecule has 0 unspecified atom stereocenters.